The highest BCUT2D eigenvalue weighted by molar-refractivity contribution is 7.99. The maximum absolute atomic E-state index is 11.4. The number of methoxy groups -OCH3 is 2. The van der Waals surface area contributed by atoms with Crippen molar-refractivity contribution in [2.24, 2.45) is 0 Å². The fraction of sp³-hybridized carbons (Fsp3) is 0.357. The smallest absolute Gasteiger partial charge is 0.333 e. The van der Waals surface area contributed by atoms with Crippen LogP contribution in [0, 0.1) is 0 Å². The van der Waals surface area contributed by atoms with Crippen LogP contribution >= 0.6 is 11.8 Å². The van der Waals surface area contributed by atoms with E-state index < -0.39 is 0 Å². The first-order chi connectivity index (χ1) is 8.71. The first-order valence-corrected chi connectivity index (χ1v) is 6.74. The van der Waals surface area contributed by atoms with E-state index >= 15 is 0 Å². The van der Waals surface area contributed by atoms with Crippen LogP contribution in [0.3, 0.4) is 0 Å². The van der Waals surface area contributed by atoms with Gasteiger partial charge in [0.2, 0.25) is 0 Å². The van der Waals surface area contributed by atoms with Gasteiger partial charge in [0.15, 0.2) is 0 Å². The largest absolute Gasteiger partial charge is 0.497 e. The highest BCUT2D eigenvalue weighted by Crippen LogP contribution is 2.21. The zero-order valence-electron chi connectivity index (χ0n) is 10.9. The van der Waals surface area contributed by atoms with Crippen LogP contribution in [-0.4, -0.2) is 25.9 Å². The van der Waals surface area contributed by atoms with Crippen molar-refractivity contribution in [3.05, 3.63) is 35.9 Å². The molecule has 0 aliphatic carbocycles. The molecule has 3 nitrogen and oxygen atoms in total. The zero-order valence-corrected chi connectivity index (χ0v) is 11.8. The van der Waals surface area contributed by atoms with E-state index in [0.717, 1.165) is 22.0 Å². The van der Waals surface area contributed by atoms with Crippen LogP contribution in [0.25, 0.3) is 0 Å². The van der Waals surface area contributed by atoms with Crippen LogP contribution in [0.4, 0.5) is 0 Å². The Balaban J connectivity index is 2.53. The van der Waals surface area contributed by atoms with Crippen molar-refractivity contribution in [1.82, 2.24) is 0 Å². The molecule has 1 aromatic rings. The van der Waals surface area contributed by atoms with Crippen molar-refractivity contribution in [2.75, 3.05) is 20.0 Å². The topological polar surface area (TPSA) is 35.5 Å². The van der Waals surface area contributed by atoms with Gasteiger partial charge in [-0.2, -0.15) is 0 Å². The lowest BCUT2D eigenvalue weighted by Crippen LogP contribution is -2.04. The van der Waals surface area contributed by atoms with E-state index in [1.807, 2.05) is 37.3 Å². The second-order valence-corrected chi connectivity index (χ2v) is 4.65. The molecule has 0 N–H and O–H groups in total. The summed E-state index contributed by atoms with van der Waals surface area (Å²) in [5.41, 5.74) is 0.721. The molecular weight excluding hydrogens is 248 g/mol. The molecule has 0 amide bonds. The lowest BCUT2D eigenvalue weighted by Gasteiger charge is -2.03. The van der Waals surface area contributed by atoms with Crippen molar-refractivity contribution >= 4 is 17.7 Å². The molecule has 4 heteroatoms. The number of esters is 1. The maximum Gasteiger partial charge on any atom is 0.333 e. The standard InChI is InChI=1S/C14H18O3S/c1-4-11(14(15)17-3)9-10-18-13-7-5-12(16-2)6-8-13/h5-9H,4,10H2,1-3H3. The Morgan fingerprint density at radius 2 is 1.94 bits per heavy atom. The van der Waals surface area contributed by atoms with Gasteiger partial charge in [0, 0.05) is 16.2 Å². The third kappa shape index (κ3) is 4.45. The van der Waals surface area contributed by atoms with Crippen LogP contribution in [0.2, 0.25) is 0 Å². The Kier molecular flexibility index (Phi) is 6.36. The van der Waals surface area contributed by atoms with E-state index in [9.17, 15) is 4.79 Å². The molecule has 0 saturated heterocycles. The molecule has 0 bridgehead atoms. The van der Waals surface area contributed by atoms with Gasteiger partial charge in [0.1, 0.15) is 5.75 Å². The summed E-state index contributed by atoms with van der Waals surface area (Å²) in [4.78, 5) is 12.5. The van der Waals surface area contributed by atoms with Crippen LogP contribution in [0.15, 0.2) is 40.8 Å². The molecule has 0 aliphatic rings. The van der Waals surface area contributed by atoms with Gasteiger partial charge in [0.05, 0.1) is 14.2 Å². The van der Waals surface area contributed by atoms with E-state index in [1.165, 1.54) is 7.11 Å². The van der Waals surface area contributed by atoms with Crippen LogP contribution < -0.4 is 4.74 Å². The van der Waals surface area contributed by atoms with E-state index in [1.54, 1.807) is 18.9 Å². The second kappa shape index (κ2) is 7.82. The van der Waals surface area contributed by atoms with Crippen LogP contribution in [0.1, 0.15) is 13.3 Å². The van der Waals surface area contributed by atoms with Gasteiger partial charge in [-0.15, -0.1) is 11.8 Å². The number of ether oxygens (including phenoxy) is 2. The minimum atomic E-state index is -0.243. The van der Waals surface area contributed by atoms with Gasteiger partial charge in [-0.25, -0.2) is 4.79 Å². The summed E-state index contributed by atoms with van der Waals surface area (Å²) in [5, 5.41) is 0. The van der Waals surface area contributed by atoms with Gasteiger partial charge in [0.25, 0.3) is 0 Å². The predicted octanol–water partition coefficient (Wildman–Crippen LogP) is 3.30. The predicted molar refractivity (Wildman–Crippen MR) is 74.1 cm³/mol. The quantitative estimate of drug-likeness (QED) is 0.449. The number of benzene rings is 1. The van der Waals surface area contributed by atoms with Crippen LogP contribution in [0.5, 0.6) is 5.75 Å². The molecule has 18 heavy (non-hydrogen) atoms. The van der Waals surface area contributed by atoms with E-state index in [2.05, 4.69) is 0 Å². The number of thioether (sulfide) groups is 1. The van der Waals surface area contributed by atoms with Crippen molar-refractivity contribution in [1.29, 1.82) is 0 Å². The highest BCUT2D eigenvalue weighted by atomic mass is 32.2. The second-order valence-electron chi connectivity index (χ2n) is 3.56. The van der Waals surface area contributed by atoms with Crippen LogP contribution in [-0.2, 0) is 9.53 Å². The Morgan fingerprint density at radius 3 is 2.44 bits per heavy atom. The van der Waals surface area contributed by atoms with Gasteiger partial charge in [-0.05, 0) is 30.7 Å². The number of carbonyl (C=O) groups excluding carboxylic acids is 1. The van der Waals surface area contributed by atoms with E-state index in [-0.39, 0.29) is 5.97 Å². The van der Waals surface area contributed by atoms with Crippen molar-refractivity contribution in [3.63, 3.8) is 0 Å². The monoisotopic (exact) mass is 266 g/mol. The number of carbonyl (C=O) groups is 1. The molecule has 0 unspecified atom stereocenters. The lowest BCUT2D eigenvalue weighted by atomic mass is 10.2. The van der Waals surface area contributed by atoms with E-state index in [4.69, 9.17) is 9.47 Å². The SMILES string of the molecule is CCC(=CCSc1ccc(OC)cc1)C(=O)OC. The average molecular weight is 266 g/mol. The maximum atomic E-state index is 11.4. The first kappa shape index (κ1) is 14.6. The third-order valence-corrected chi connectivity index (χ3v) is 3.41. The van der Waals surface area contributed by atoms with Gasteiger partial charge in [-0.1, -0.05) is 13.0 Å². The minimum Gasteiger partial charge on any atom is -0.497 e. The molecular formula is C14H18O3S. The molecule has 1 rings (SSSR count). The average Bonchev–Trinajstić information content (AvgIpc) is 2.43. The third-order valence-electron chi connectivity index (χ3n) is 2.47. The zero-order chi connectivity index (χ0) is 13.4. The summed E-state index contributed by atoms with van der Waals surface area (Å²) in [7, 11) is 3.05. The summed E-state index contributed by atoms with van der Waals surface area (Å²) in [6, 6.07) is 7.85. The minimum absolute atomic E-state index is 0.243. The normalized spacial score (nSPS) is 11.2. The molecule has 0 fully saturated rings. The summed E-state index contributed by atoms with van der Waals surface area (Å²) < 4.78 is 9.80. The Labute approximate surface area is 112 Å². The molecule has 0 radical (unpaired) electrons. The summed E-state index contributed by atoms with van der Waals surface area (Å²) in [6.45, 7) is 1.95. The van der Waals surface area contributed by atoms with Gasteiger partial charge in [-0.3, -0.25) is 0 Å². The summed E-state index contributed by atoms with van der Waals surface area (Å²) in [6.07, 6.45) is 2.61. The summed E-state index contributed by atoms with van der Waals surface area (Å²) in [5.74, 6) is 1.36. The molecule has 0 spiro atoms. The molecule has 0 atom stereocenters. The highest BCUT2D eigenvalue weighted by Gasteiger charge is 2.05. The lowest BCUT2D eigenvalue weighted by molar-refractivity contribution is -0.136. The van der Waals surface area contributed by atoms with Gasteiger partial charge >= 0.3 is 5.97 Å². The van der Waals surface area contributed by atoms with Crippen molar-refractivity contribution in [2.45, 2.75) is 18.2 Å². The molecule has 0 aliphatic heterocycles. The molecule has 0 aromatic heterocycles. The molecule has 1 aromatic carbocycles. The summed E-state index contributed by atoms with van der Waals surface area (Å²) >= 11 is 1.67. The molecule has 0 saturated carbocycles. The fourth-order valence-electron chi connectivity index (χ4n) is 1.41. The first-order valence-electron chi connectivity index (χ1n) is 5.75. The Morgan fingerprint density at radius 1 is 1.28 bits per heavy atom. The van der Waals surface area contributed by atoms with Crippen molar-refractivity contribution < 1.29 is 14.3 Å². The molecule has 0 heterocycles. The number of hydrogen-bond donors (Lipinski definition) is 0. The Bertz CT molecular complexity index is 410. The number of rotatable bonds is 6. The Hall–Kier alpha value is -1.42. The van der Waals surface area contributed by atoms with Gasteiger partial charge < -0.3 is 9.47 Å². The molecule has 98 valence electrons. The fourth-order valence-corrected chi connectivity index (χ4v) is 2.22. The van der Waals surface area contributed by atoms with E-state index in [0.29, 0.717) is 6.42 Å². The van der Waals surface area contributed by atoms with Crippen molar-refractivity contribution in [3.8, 4) is 5.75 Å². The number of hydrogen-bond acceptors (Lipinski definition) is 4.